The lowest BCUT2D eigenvalue weighted by Gasteiger charge is -2.35. The molecule has 0 saturated carbocycles. The molecular weight excluding hydrogens is 534 g/mol. The average molecular weight is 570 g/mol. The molecule has 2 amide bonds. The van der Waals surface area contributed by atoms with Gasteiger partial charge >= 0.3 is 0 Å². The summed E-state index contributed by atoms with van der Waals surface area (Å²) in [6, 6.07) is 21.2. The van der Waals surface area contributed by atoms with Gasteiger partial charge in [-0.25, -0.2) is 8.42 Å². The lowest BCUT2D eigenvalue weighted by molar-refractivity contribution is -0.141. The number of rotatable bonds is 10. The molecule has 0 aliphatic heterocycles. The Hall–Kier alpha value is -3.36. The fourth-order valence-electron chi connectivity index (χ4n) is 4.27. The maximum Gasteiger partial charge on any atom is 0.264 e. The zero-order valence-electron chi connectivity index (χ0n) is 23.0. The van der Waals surface area contributed by atoms with Gasteiger partial charge in [0.1, 0.15) is 12.6 Å². The number of carbonyl (C=O) groups is 2. The van der Waals surface area contributed by atoms with Gasteiger partial charge < -0.3 is 10.2 Å². The van der Waals surface area contributed by atoms with Crippen molar-refractivity contribution in [2.45, 2.75) is 64.1 Å². The lowest BCUT2D eigenvalue weighted by Crippen LogP contribution is -2.55. The first-order valence-electron chi connectivity index (χ1n) is 12.8. The molecule has 1 atom stereocenters. The molecule has 0 fully saturated rings. The first kappa shape index (κ1) is 30.2. The van der Waals surface area contributed by atoms with E-state index < -0.39 is 34.1 Å². The molecule has 0 spiro atoms. The van der Waals surface area contributed by atoms with E-state index in [2.05, 4.69) is 5.32 Å². The van der Waals surface area contributed by atoms with Gasteiger partial charge in [0, 0.05) is 12.1 Å². The summed E-state index contributed by atoms with van der Waals surface area (Å²) in [6.45, 7) is 8.99. The van der Waals surface area contributed by atoms with Gasteiger partial charge in [-0.1, -0.05) is 78.7 Å². The number of nitrogens with zero attached hydrogens (tertiary/aromatic N) is 2. The number of amides is 2. The number of benzene rings is 3. The van der Waals surface area contributed by atoms with Gasteiger partial charge in [-0.05, 0) is 63.9 Å². The fraction of sp³-hybridized carbons (Fsp3) is 0.333. The van der Waals surface area contributed by atoms with Crippen molar-refractivity contribution in [1.29, 1.82) is 0 Å². The van der Waals surface area contributed by atoms with Crippen LogP contribution in [0.5, 0.6) is 0 Å². The molecule has 3 rings (SSSR count). The number of aryl methyl sites for hydroxylation is 1. The van der Waals surface area contributed by atoms with E-state index >= 15 is 0 Å². The molecule has 0 aliphatic carbocycles. The molecule has 3 aromatic carbocycles. The van der Waals surface area contributed by atoms with Crippen molar-refractivity contribution in [1.82, 2.24) is 10.2 Å². The van der Waals surface area contributed by atoms with Gasteiger partial charge in [-0.3, -0.25) is 13.9 Å². The van der Waals surface area contributed by atoms with Crippen molar-refractivity contribution >= 4 is 39.1 Å². The third kappa shape index (κ3) is 7.83. The largest absolute Gasteiger partial charge is 0.350 e. The van der Waals surface area contributed by atoms with Crippen LogP contribution < -0.4 is 9.62 Å². The summed E-state index contributed by atoms with van der Waals surface area (Å²) in [4.78, 5) is 28.9. The highest BCUT2D eigenvalue weighted by Crippen LogP contribution is 2.30. The second-order valence-corrected chi connectivity index (χ2v) is 12.7. The normalized spacial score (nSPS) is 12.5. The molecule has 0 heterocycles. The van der Waals surface area contributed by atoms with Gasteiger partial charge in [-0.2, -0.15) is 0 Å². The van der Waals surface area contributed by atoms with Crippen LogP contribution in [0.3, 0.4) is 0 Å². The monoisotopic (exact) mass is 569 g/mol. The minimum atomic E-state index is -4.17. The Bertz CT molecular complexity index is 1400. The molecule has 3 aromatic rings. The van der Waals surface area contributed by atoms with Gasteiger partial charge in [0.15, 0.2) is 0 Å². The number of para-hydroxylation sites is 1. The standard InChI is InChI=1S/C30H36ClN3O4S/c1-6-26(29(36)32-30(3,4)5)33(20-23-14-12-13-22(2)19-23)28(35)21-34(27-18-11-10-17-25(27)31)39(37,38)24-15-8-7-9-16-24/h7-19,26H,6,20-21H2,1-5H3,(H,32,36)/t26-/m1/s1. The maximum atomic E-state index is 14.1. The van der Waals surface area contributed by atoms with Gasteiger partial charge in [0.2, 0.25) is 11.8 Å². The van der Waals surface area contributed by atoms with Crippen molar-refractivity contribution in [3.05, 3.63) is 95.0 Å². The number of anilines is 1. The number of hydrogen-bond acceptors (Lipinski definition) is 4. The number of halogens is 1. The summed E-state index contributed by atoms with van der Waals surface area (Å²) >= 11 is 6.44. The van der Waals surface area contributed by atoms with Crippen molar-refractivity contribution in [2.24, 2.45) is 0 Å². The molecule has 0 bridgehead atoms. The van der Waals surface area contributed by atoms with Gasteiger partial charge in [-0.15, -0.1) is 0 Å². The van der Waals surface area contributed by atoms with Crippen LogP contribution in [0.4, 0.5) is 5.69 Å². The third-order valence-corrected chi connectivity index (χ3v) is 8.14. The smallest absolute Gasteiger partial charge is 0.264 e. The molecule has 0 radical (unpaired) electrons. The molecule has 1 N–H and O–H groups in total. The second kappa shape index (κ2) is 12.7. The number of carbonyl (C=O) groups excluding carboxylic acids is 2. The Labute approximate surface area is 236 Å². The van der Waals surface area contributed by atoms with E-state index in [1.165, 1.54) is 17.0 Å². The summed E-state index contributed by atoms with van der Waals surface area (Å²) in [5.41, 5.74) is 1.51. The molecule has 39 heavy (non-hydrogen) atoms. The number of nitrogens with one attached hydrogen (secondary N) is 1. The molecule has 0 unspecified atom stereocenters. The minimum absolute atomic E-state index is 0.0282. The Balaban J connectivity index is 2.08. The Morgan fingerprint density at radius 3 is 2.18 bits per heavy atom. The first-order chi connectivity index (χ1) is 18.3. The molecule has 7 nitrogen and oxygen atoms in total. The Morgan fingerprint density at radius 2 is 1.59 bits per heavy atom. The SMILES string of the molecule is CC[C@H](C(=O)NC(C)(C)C)N(Cc1cccc(C)c1)C(=O)CN(c1ccccc1Cl)S(=O)(=O)c1ccccc1. The number of sulfonamides is 1. The summed E-state index contributed by atoms with van der Waals surface area (Å²) in [5.74, 6) is -0.826. The van der Waals surface area contributed by atoms with Crippen LogP contribution in [0.2, 0.25) is 5.02 Å². The van der Waals surface area contributed by atoms with Crippen molar-refractivity contribution in [3.8, 4) is 0 Å². The van der Waals surface area contributed by atoms with Crippen LogP contribution in [0.1, 0.15) is 45.2 Å². The number of hydrogen-bond donors (Lipinski definition) is 1. The van der Waals surface area contributed by atoms with Crippen LogP contribution in [-0.2, 0) is 26.2 Å². The topological polar surface area (TPSA) is 86.8 Å². The highest BCUT2D eigenvalue weighted by Gasteiger charge is 2.35. The predicted molar refractivity (Wildman–Crippen MR) is 156 cm³/mol. The Kier molecular flexibility index (Phi) is 9.80. The molecule has 0 aromatic heterocycles. The van der Waals surface area contributed by atoms with Crippen molar-refractivity contribution < 1.29 is 18.0 Å². The summed E-state index contributed by atoms with van der Waals surface area (Å²) in [7, 11) is -4.17. The van der Waals surface area contributed by atoms with E-state index in [9.17, 15) is 18.0 Å². The Morgan fingerprint density at radius 1 is 0.949 bits per heavy atom. The van der Waals surface area contributed by atoms with E-state index in [0.29, 0.717) is 6.42 Å². The average Bonchev–Trinajstić information content (AvgIpc) is 2.87. The predicted octanol–water partition coefficient (Wildman–Crippen LogP) is 5.57. The van der Waals surface area contributed by atoms with E-state index in [1.807, 2.05) is 58.9 Å². The summed E-state index contributed by atoms with van der Waals surface area (Å²) < 4.78 is 28.7. The van der Waals surface area contributed by atoms with Gasteiger partial charge in [0.25, 0.3) is 10.0 Å². The van der Waals surface area contributed by atoms with Gasteiger partial charge in [0.05, 0.1) is 15.6 Å². The maximum absolute atomic E-state index is 14.1. The van der Waals surface area contributed by atoms with E-state index in [-0.39, 0.29) is 28.1 Å². The first-order valence-corrected chi connectivity index (χ1v) is 14.6. The summed E-state index contributed by atoms with van der Waals surface area (Å²) in [6.07, 6.45) is 0.344. The zero-order chi connectivity index (χ0) is 28.8. The van der Waals surface area contributed by atoms with E-state index in [4.69, 9.17) is 11.6 Å². The highest BCUT2D eigenvalue weighted by molar-refractivity contribution is 7.92. The lowest BCUT2D eigenvalue weighted by atomic mass is 10.0. The van der Waals surface area contributed by atoms with Crippen LogP contribution in [0, 0.1) is 6.92 Å². The van der Waals surface area contributed by atoms with Crippen LogP contribution in [-0.4, -0.2) is 43.3 Å². The summed E-state index contributed by atoms with van der Waals surface area (Å²) in [5, 5.41) is 3.15. The van der Waals surface area contributed by atoms with Crippen LogP contribution >= 0.6 is 11.6 Å². The second-order valence-electron chi connectivity index (χ2n) is 10.5. The third-order valence-electron chi connectivity index (χ3n) is 6.05. The van der Waals surface area contributed by atoms with E-state index in [0.717, 1.165) is 15.4 Å². The quantitative estimate of drug-likeness (QED) is 0.346. The van der Waals surface area contributed by atoms with E-state index in [1.54, 1.807) is 42.5 Å². The fourth-order valence-corrected chi connectivity index (χ4v) is 6.01. The molecular formula is C30H36ClN3O4S. The highest BCUT2D eigenvalue weighted by atomic mass is 35.5. The van der Waals surface area contributed by atoms with Crippen LogP contribution in [0.25, 0.3) is 0 Å². The minimum Gasteiger partial charge on any atom is -0.350 e. The molecule has 208 valence electrons. The molecule has 0 aliphatic rings. The van der Waals surface area contributed by atoms with Crippen LogP contribution in [0.15, 0.2) is 83.8 Å². The molecule has 0 saturated heterocycles. The zero-order valence-corrected chi connectivity index (χ0v) is 24.6. The van der Waals surface area contributed by atoms with Crippen molar-refractivity contribution in [2.75, 3.05) is 10.8 Å². The van der Waals surface area contributed by atoms with Crippen molar-refractivity contribution in [3.63, 3.8) is 0 Å². The molecule has 9 heteroatoms.